The topological polar surface area (TPSA) is 37.9 Å². The lowest BCUT2D eigenvalue weighted by molar-refractivity contribution is -0.914. The number of hydrogen-bond acceptors (Lipinski definition) is 3. The standard InChI is InChI=1S/C22H23ClN2O2/c1-15-4-3-5-20(16(15)2)25-10-8-24(9-11-25)13-17-14-27-21-7-6-18(23)12-19(21)22(17)26/h3-7,12,14H,8-11,13H2,1-2H3/p+1. The van der Waals surface area contributed by atoms with E-state index in [4.69, 9.17) is 16.0 Å². The number of nitrogens with one attached hydrogen (secondary N) is 1. The maximum atomic E-state index is 12.8. The zero-order valence-electron chi connectivity index (χ0n) is 15.7. The van der Waals surface area contributed by atoms with E-state index in [1.807, 2.05) is 0 Å². The Kier molecular flexibility index (Phi) is 4.94. The summed E-state index contributed by atoms with van der Waals surface area (Å²) in [6.07, 6.45) is 1.61. The molecule has 4 rings (SSSR count). The lowest BCUT2D eigenvalue weighted by Crippen LogP contribution is -3.13. The third-order valence-corrected chi connectivity index (χ3v) is 5.87. The fourth-order valence-corrected chi connectivity index (χ4v) is 4.03. The summed E-state index contributed by atoms with van der Waals surface area (Å²) in [5.41, 5.74) is 5.35. The van der Waals surface area contributed by atoms with Gasteiger partial charge in [0, 0.05) is 10.7 Å². The molecule has 0 unspecified atom stereocenters. The Morgan fingerprint density at radius 2 is 1.93 bits per heavy atom. The molecule has 0 spiro atoms. The molecule has 0 aliphatic carbocycles. The van der Waals surface area contributed by atoms with Gasteiger partial charge in [0.05, 0.1) is 37.1 Å². The van der Waals surface area contributed by atoms with Gasteiger partial charge in [-0.05, 0) is 49.2 Å². The minimum absolute atomic E-state index is 0.0307. The van der Waals surface area contributed by atoms with E-state index in [9.17, 15) is 4.79 Å². The molecule has 4 nitrogen and oxygen atoms in total. The van der Waals surface area contributed by atoms with E-state index < -0.39 is 0 Å². The van der Waals surface area contributed by atoms with Gasteiger partial charge < -0.3 is 14.2 Å². The van der Waals surface area contributed by atoms with E-state index in [0.29, 0.717) is 22.5 Å². The zero-order chi connectivity index (χ0) is 19.0. The molecule has 0 saturated carbocycles. The van der Waals surface area contributed by atoms with Crippen LogP contribution in [0.25, 0.3) is 11.0 Å². The number of hydrogen-bond donors (Lipinski definition) is 1. The van der Waals surface area contributed by atoms with Gasteiger partial charge in [-0.1, -0.05) is 23.7 Å². The highest BCUT2D eigenvalue weighted by molar-refractivity contribution is 6.31. The summed E-state index contributed by atoms with van der Waals surface area (Å²) in [6, 6.07) is 11.7. The molecule has 1 aliphatic heterocycles. The lowest BCUT2D eigenvalue weighted by Gasteiger charge is -2.34. The SMILES string of the molecule is Cc1cccc(N2CC[NH+](Cc3coc4ccc(Cl)cc4c3=O)CC2)c1C. The van der Waals surface area contributed by atoms with Gasteiger partial charge in [0.2, 0.25) is 5.43 Å². The van der Waals surface area contributed by atoms with Crippen LogP contribution in [-0.2, 0) is 6.54 Å². The number of piperazine rings is 1. The van der Waals surface area contributed by atoms with Crippen LogP contribution in [0.2, 0.25) is 5.02 Å². The molecule has 27 heavy (non-hydrogen) atoms. The van der Waals surface area contributed by atoms with Crippen molar-refractivity contribution in [2.45, 2.75) is 20.4 Å². The van der Waals surface area contributed by atoms with Crippen molar-refractivity contribution in [3.8, 4) is 0 Å². The van der Waals surface area contributed by atoms with Crippen LogP contribution in [0.4, 0.5) is 5.69 Å². The quantitative estimate of drug-likeness (QED) is 0.755. The average Bonchev–Trinajstić information content (AvgIpc) is 2.67. The fraction of sp³-hybridized carbons (Fsp3) is 0.318. The van der Waals surface area contributed by atoms with E-state index in [-0.39, 0.29) is 5.43 Å². The van der Waals surface area contributed by atoms with Crippen molar-refractivity contribution in [3.63, 3.8) is 0 Å². The zero-order valence-corrected chi connectivity index (χ0v) is 16.5. The predicted octanol–water partition coefficient (Wildman–Crippen LogP) is 2.97. The highest BCUT2D eigenvalue weighted by Crippen LogP contribution is 2.22. The van der Waals surface area contributed by atoms with Gasteiger partial charge in [0.25, 0.3) is 0 Å². The molecule has 1 aromatic heterocycles. The van der Waals surface area contributed by atoms with Crippen LogP contribution in [0.5, 0.6) is 0 Å². The molecular formula is C22H24ClN2O2+. The van der Waals surface area contributed by atoms with E-state index in [1.165, 1.54) is 21.7 Å². The molecule has 2 heterocycles. The number of benzene rings is 2. The number of rotatable bonds is 3. The summed E-state index contributed by atoms with van der Waals surface area (Å²) in [5, 5.41) is 1.12. The molecule has 1 aliphatic rings. The van der Waals surface area contributed by atoms with Crippen LogP contribution in [0.1, 0.15) is 16.7 Å². The summed E-state index contributed by atoms with van der Waals surface area (Å²) in [7, 11) is 0. The van der Waals surface area contributed by atoms with Crippen molar-refractivity contribution in [1.82, 2.24) is 0 Å². The largest absolute Gasteiger partial charge is 0.464 e. The Bertz CT molecular complexity index is 1040. The molecule has 140 valence electrons. The van der Waals surface area contributed by atoms with Crippen LogP contribution < -0.4 is 15.2 Å². The molecular weight excluding hydrogens is 360 g/mol. The fourth-order valence-electron chi connectivity index (χ4n) is 3.85. The van der Waals surface area contributed by atoms with Gasteiger partial charge >= 0.3 is 0 Å². The monoisotopic (exact) mass is 383 g/mol. The van der Waals surface area contributed by atoms with E-state index >= 15 is 0 Å². The van der Waals surface area contributed by atoms with Gasteiger partial charge in [-0.3, -0.25) is 4.79 Å². The number of quaternary nitrogens is 1. The number of halogens is 1. The smallest absolute Gasteiger partial charge is 0.201 e. The predicted molar refractivity (Wildman–Crippen MR) is 110 cm³/mol. The van der Waals surface area contributed by atoms with Crippen molar-refractivity contribution in [2.24, 2.45) is 0 Å². The highest BCUT2D eigenvalue weighted by Gasteiger charge is 2.23. The second-order valence-electron chi connectivity index (χ2n) is 7.36. The van der Waals surface area contributed by atoms with Gasteiger partial charge in [-0.2, -0.15) is 0 Å². The van der Waals surface area contributed by atoms with Gasteiger partial charge in [0.15, 0.2) is 0 Å². The summed E-state index contributed by atoms with van der Waals surface area (Å²) < 4.78 is 5.66. The maximum Gasteiger partial charge on any atom is 0.201 e. The Labute approximate surface area is 164 Å². The molecule has 1 fully saturated rings. The Morgan fingerprint density at radius 3 is 2.70 bits per heavy atom. The minimum Gasteiger partial charge on any atom is -0.464 e. The van der Waals surface area contributed by atoms with Crippen LogP contribution in [0.15, 0.2) is 51.9 Å². The number of aryl methyl sites for hydroxylation is 1. The van der Waals surface area contributed by atoms with Gasteiger partial charge in [-0.25, -0.2) is 0 Å². The van der Waals surface area contributed by atoms with E-state index in [2.05, 4.69) is 36.9 Å². The first-order valence-corrected chi connectivity index (χ1v) is 9.75. The minimum atomic E-state index is 0.0307. The normalized spacial score (nSPS) is 15.4. The van der Waals surface area contributed by atoms with Crippen molar-refractivity contribution >= 4 is 28.3 Å². The molecule has 0 radical (unpaired) electrons. The summed E-state index contributed by atoms with van der Waals surface area (Å²) in [4.78, 5) is 16.6. The number of fused-ring (bicyclic) bond motifs is 1. The third kappa shape index (κ3) is 3.60. The third-order valence-electron chi connectivity index (χ3n) is 5.63. The van der Waals surface area contributed by atoms with Gasteiger partial charge in [0.1, 0.15) is 18.4 Å². The Balaban J connectivity index is 1.48. The second kappa shape index (κ2) is 7.37. The summed E-state index contributed by atoms with van der Waals surface area (Å²) in [6.45, 7) is 9.02. The Morgan fingerprint density at radius 1 is 1.15 bits per heavy atom. The van der Waals surface area contributed by atoms with Crippen LogP contribution >= 0.6 is 11.6 Å². The molecule has 5 heteroatoms. The highest BCUT2D eigenvalue weighted by atomic mass is 35.5. The molecule has 1 saturated heterocycles. The maximum absolute atomic E-state index is 12.8. The first kappa shape index (κ1) is 18.1. The van der Waals surface area contributed by atoms with Crippen LogP contribution in [0.3, 0.4) is 0 Å². The van der Waals surface area contributed by atoms with Gasteiger partial charge in [-0.15, -0.1) is 0 Å². The number of anilines is 1. The molecule has 0 bridgehead atoms. The summed E-state index contributed by atoms with van der Waals surface area (Å²) in [5.74, 6) is 0. The number of nitrogens with zero attached hydrogens (tertiary/aromatic N) is 1. The first-order valence-electron chi connectivity index (χ1n) is 9.37. The van der Waals surface area contributed by atoms with Crippen LogP contribution in [-0.4, -0.2) is 26.2 Å². The molecule has 2 aromatic carbocycles. The molecule has 0 atom stereocenters. The molecule has 1 N–H and O–H groups in total. The van der Waals surface area contributed by atoms with Crippen molar-refractivity contribution < 1.29 is 9.32 Å². The van der Waals surface area contributed by atoms with Crippen LogP contribution in [0, 0.1) is 13.8 Å². The van der Waals surface area contributed by atoms with Crippen molar-refractivity contribution in [1.29, 1.82) is 0 Å². The van der Waals surface area contributed by atoms with E-state index in [0.717, 1.165) is 31.7 Å². The summed E-state index contributed by atoms with van der Waals surface area (Å²) >= 11 is 6.04. The molecule has 0 amide bonds. The molecule has 3 aromatic rings. The first-order chi connectivity index (χ1) is 13.0. The van der Waals surface area contributed by atoms with Crippen molar-refractivity contribution in [3.05, 3.63) is 74.6 Å². The Hall–Kier alpha value is -2.30. The average molecular weight is 384 g/mol. The lowest BCUT2D eigenvalue weighted by atomic mass is 10.1. The van der Waals surface area contributed by atoms with E-state index in [1.54, 1.807) is 24.5 Å². The second-order valence-corrected chi connectivity index (χ2v) is 7.80. The van der Waals surface area contributed by atoms with Crippen molar-refractivity contribution in [2.75, 3.05) is 31.1 Å².